The zero-order valence-electron chi connectivity index (χ0n) is 10.6. The Balaban J connectivity index is 2.67. The molecular weight excluding hydrogens is 254 g/mol. The van der Waals surface area contributed by atoms with Gasteiger partial charge >= 0.3 is 5.97 Å². The molecule has 5 heteroatoms. The average molecular weight is 272 g/mol. The van der Waals surface area contributed by atoms with Crippen LogP contribution in [0.1, 0.15) is 19.4 Å². The Labute approximate surface area is 112 Å². The summed E-state index contributed by atoms with van der Waals surface area (Å²) in [6, 6.07) is 5.03. The van der Waals surface area contributed by atoms with Gasteiger partial charge in [0, 0.05) is 13.1 Å². The Kier molecular flexibility index (Phi) is 5.44. The topological polar surface area (TPSA) is 60.8 Å². The molecule has 0 fully saturated rings. The quantitative estimate of drug-likeness (QED) is 0.835. The first-order valence-electron chi connectivity index (χ1n) is 5.86. The molecule has 1 aromatic rings. The molecule has 1 rings (SSSR count). The molecule has 0 aromatic heterocycles. The first kappa shape index (κ1) is 14.8. The van der Waals surface area contributed by atoms with E-state index in [1.807, 2.05) is 11.8 Å². The molecule has 0 aliphatic rings. The largest absolute Gasteiger partial charge is 0.506 e. The third kappa shape index (κ3) is 4.20. The maximum atomic E-state index is 10.8. The van der Waals surface area contributed by atoms with Gasteiger partial charge in [0.25, 0.3) is 0 Å². The number of nitrogens with zero attached hydrogens (tertiary/aromatic N) is 1. The van der Waals surface area contributed by atoms with Crippen LogP contribution in [0.3, 0.4) is 0 Å². The molecule has 0 saturated heterocycles. The molecule has 100 valence electrons. The van der Waals surface area contributed by atoms with E-state index in [0.29, 0.717) is 18.1 Å². The summed E-state index contributed by atoms with van der Waals surface area (Å²) in [6.07, 6.45) is 0. The second-order valence-electron chi connectivity index (χ2n) is 4.35. The van der Waals surface area contributed by atoms with E-state index in [2.05, 4.69) is 0 Å². The van der Waals surface area contributed by atoms with Crippen molar-refractivity contribution in [2.75, 3.05) is 13.1 Å². The molecule has 18 heavy (non-hydrogen) atoms. The van der Waals surface area contributed by atoms with Gasteiger partial charge < -0.3 is 10.2 Å². The lowest BCUT2D eigenvalue weighted by molar-refractivity contribution is -0.141. The van der Waals surface area contributed by atoms with Crippen molar-refractivity contribution < 1.29 is 15.0 Å². The van der Waals surface area contributed by atoms with Crippen LogP contribution in [0.25, 0.3) is 0 Å². The van der Waals surface area contributed by atoms with Gasteiger partial charge in [-0.1, -0.05) is 31.5 Å². The fraction of sp³-hybridized carbons (Fsp3) is 0.462. The van der Waals surface area contributed by atoms with E-state index in [-0.39, 0.29) is 5.75 Å². The highest BCUT2D eigenvalue weighted by Gasteiger charge is 2.15. The van der Waals surface area contributed by atoms with Gasteiger partial charge in [-0.15, -0.1) is 0 Å². The molecule has 1 unspecified atom stereocenters. The summed E-state index contributed by atoms with van der Waals surface area (Å²) in [4.78, 5) is 12.9. The summed E-state index contributed by atoms with van der Waals surface area (Å²) in [5.41, 5.74) is 0.956. The van der Waals surface area contributed by atoms with Gasteiger partial charge in [-0.3, -0.25) is 9.69 Å². The van der Waals surface area contributed by atoms with Crippen molar-refractivity contribution in [1.82, 2.24) is 4.90 Å². The zero-order chi connectivity index (χ0) is 13.7. The summed E-state index contributed by atoms with van der Waals surface area (Å²) in [5, 5.41) is 18.5. The van der Waals surface area contributed by atoms with Crippen molar-refractivity contribution in [3.63, 3.8) is 0 Å². The number of aromatic hydroxyl groups is 1. The molecule has 0 bridgehead atoms. The van der Waals surface area contributed by atoms with Crippen LogP contribution < -0.4 is 0 Å². The average Bonchev–Trinajstić information content (AvgIpc) is 2.32. The summed E-state index contributed by atoms with van der Waals surface area (Å²) in [5.74, 6) is -1.14. The molecule has 2 N–H and O–H groups in total. The minimum Gasteiger partial charge on any atom is -0.506 e. The molecule has 0 heterocycles. The second kappa shape index (κ2) is 6.61. The summed E-state index contributed by atoms with van der Waals surface area (Å²) in [7, 11) is 0. The van der Waals surface area contributed by atoms with Crippen LogP contribution >= 0.6 is 11.6 Å². The SMILES string of the molecule is CCN(Cc1ccc(O)c(Cl)c1)CC(C)C(=O)O. The maximum Gasteiger partial charge on any atom is 0.307 e. The Morgan fingerprint density at radius 3 is 2.67 bits per heavy atom. The van der Waals surface area contributed by atoms with E-state index < -0.39 is 11.9 Å². The number of carbonyl (C=O) groups is 1. The van der Waals surface area contributed by atoms with Gasteiger partial charge in [-0.05, 0) is 24.2 Å². The molecule has 1 atom stereocenters. The number of phenols is 1. The van der Waals surface area contributed by atoms with Crippen LogP contribution in [0, 0.1) is 5.92 Å². The van der Waals surface area contributed by atoms with Crippen LogP contribution in [0.15, 0.2) is 18.2 Å². The van der Waals surface area contributed by atoms with Gasteiger partial charge in [-0.2, -0.15) is 0 Å². The second-order valence-corrected chi connectivity index (χ2v) is 4.76. The fourth-order valence-electron chi connectivity index (χ4n) is 1.68. The number of hydrogen-bond donors (Lipinski definition) is 2. The van der Waals surface area contributed by atoms with E-state index in [9.17, 15) is 9.90 Å². The van der Waals surface area contributed by atoms with Gasteiger partial charge in [0.1, 0.15) is 5.75 Å². The molecule has 4 nitrogen and oxygen atoms in total. The van der Waals surface area contributed by atoms with Crippen LogP contribution in [-0.2, 0) is 11.3 Å². The first-order valence-corrected chi connectivity index (χ1v) is 6.24. The zero-order valence-corrected chi connectivity index (χ0v) is 11.3. The highest BCUT2D eigenvalue weighted by molar-refractivity contribution is 6.32. The smallest absolute Gasteiger partial charge is 0.307 e. The van der Waals surface area contributed by atoms with Crippen molar-refractivity contribution in [2.24, 2.45) is 5.92 Å². The lowest BCUT2D eigenvalue weighted by atomic mass is 10.1. The number of aliphatic carboxylic acids is 1. The molecular formula is C13H18ClNO3. The third-order valence-electron chi connectivity index (χ3n) is 2.82. The number of rotatable bonds is 6. The monoisotopic (exact) mass is 271 g/mol. The van der Waals surface area contributed by atoms with E-state index in [4.69, 9.17) is 16.7 Å². The van der Waals surface area contributed by atoms with Crippen molar-refractivity contribution in [3.8, 4) is 5.75 Å². The van der Waals surface area contributed by atoms with E-state index in [1.54, 1.807) is 25.1 Å². The number of phenolic OH excluding ortho intramolecular Hbond substituents is 1. The van der Waals surface area contributed by atoms with Crippen molar-refractivity contribution in [3.05, 3.63) is 28.8 Å². The standard InChI is InChI=1S/C13H18ClNO3/c1-3-15(7-9(2)13(17)18)8-10-4-5-12(16)11(14)6-10/h4-6,9,16H,3,7-8H2,1-2H3,(H,17,18). The normalized spacial score (nSPS) is 12.7. The molecule has 0 aliphatic carbocycles. The number of carboxylic acids is 1. The van der Waals surface area contributed by atoms with E-state index in [1.165, 1.54) is 0 Å². The summed E-state index contributed by atoms with van der Waals surface area (Å²) in [6.45, 7) is 5.54. The van der Waals surface area contributed by atoms with Gasteiger partial charge in [0.2, 0.25) is 0 Å². The Bertz CT molecular complexity index is 423. The van der Waals surface area contributed by atoms with E-state index in [0.717, 1.165) is 12.1 Å². The van der Waals surface area contributed by atoms with Crippen molar-refractivity contribution >= 4 is 17.6 Å². The third-order valence-corrected chi connectivity index (χ3v) is 3.12. The fourth-order valence-corrected chi connectivity index (χ4v) is 1.88. The number of halogens is 1. The van der Waals surface area contributed by atoms with Crippen LogP contribution in [0.2, 0.25) is 5.02 Å². The number of carboxylic acid groups (broad SMARTS) is 1. The molecule has 0 aliphatic heterocycles. The van der Waals surface area contributed by atoms with Gasteiger partial charge in [-0.25, -0.2) is 0 Å². The molecule has 0 spiro atoms. The molecule has 0 amide bonds. The van der Waals surface area contributed by atoms with E-state index >= 15 is 0 Å². The van der Waals surface area contributed by atoms with Crippen molar-refractivity contribution in [2.45, 2.75) is 20.4 Å². The summed E-state index contributed by atoms with van der Waals surface area (Å²) >= 11 is 5.83. The number of hydrogen-bond acceptors (Lipinski definition) is 3. The number of benzene rings is 1. The van der Waals surface area contributed by atoms with Crippen molar-refractivity contribution in [1.29, 1.82) is 0 Å². The summed E-state index contributed by atoms with van der Waals surface area (Å²) < 4.78 is 0. The Morgan fingerprint density at radius 2 is 2.17 bits per heavy atom. The Morgan fingerprint density at radius 1 is 1.50 bits per heavy atom. The predicted octanol–water partition coefficient (Wildman–Crippen LogP) is 2.59. The lowest BCUT2D eigenvalue weighted by Gasteiger charge is -2.22. The van der Waals surface area contributed by atoms with Gasteiger partial charge in [0.15, 0.2) is 0 Å². The minimum atomic E-state index is -0.794. The van der Waals surface area contributed by atoms with Crippen LogP contribution in [0.4, 0.5) is 0 Å². The predicted molar refractivity (Wildman–Crippen MR) is 70.9 cm³/mol. The molecule has 1 aromatic carbocycles. The van der Waals surface area contributed by atoms with Gasteiger partial charge in [0.05, 0.1) is 10.9 Å². The maximum absolute atomic E-state index is 10.8. The molecule has 0 saturated carbocycles. The highest BCUT2D eigenvalue weighted by atomic mass is 35.5. The Hall–Kier alpha value is -1.26. The lowest BCUT2D eigenvalue weighted by Crippen LogP contribution is -2.31. The first-order chi connectivity index (χ1) is 8.43. The molecule has 0 radical (unpaired) electrons. The highest BCUT2D eigenvalue weighted by Crippen LogP contribution is 2.24. The van der Waals surface area contributed by atoms with Crippen LogP contribution in [0.5, 0.6) is 5.75 Å². The minimum absolute atomic E-state index is 0.0577. The van der Waals surface area contributed by atoms with Crippen LogP contribution in [-0.4, -0.2) is 34.2 Å².